The molecule has 34 N–H and O–H groups in total. The molecule has 56 nitrogen and oxygen atoms in total. The standard InChI is InChI=1S/C22H138O45Si46.C10H42O11Si12/c1-12-13-14-15-16-17-18-19-20-21-22-98(10,50)102(81-35,53-70-24)66-113(110(92-46,93-47)59-76-30,111(61-95(4)49,99(11,68)51-2)107(86-40,87-41)56-73-27)104(63-97(8,9)62-96(5,6)7,112(108(88-42,89-43)57-74-28,109(90-44,91-45)58-75-29)65-100(77-31,78-32)52-69-23)67-103(105(82-36,83-37)54-71-25,106(84-38,85-39)55-72-26)64-101(79-33,80-34)60-94(3)48;1-9-28(16)19-31(32(23-12,24-13)17-22-11,33(25-14,26-15)18-27(3)4)21-30(7,8)20-29(5,6)10-2/h23-50,94-95H,12-22,69-93H2,1-11,68H3;9-16,27-28H,1-2,22-26H2,3-8H3. The van der Waals surface area contributed by atoms with E-state index in [1.165, 1.54) is 31.9 Å². The van der Waals surface area contributed by atoms with E-state index >= 15 is 0 Å². The van der Waals surface area contributed by atoms with Crippen molar-refractivity contribution in [1.82, 2.24) is 0 Å². The van der Waals surface area contributed by atoms with Crippen molar-refractivity contribution in [1.29, 1.82) is 0 Å². The van der Waals surface area contributed by atoms with E-state index in [9.17, 15) is 167 Å². The van der Waals surface area contributed by atoms with Crippen LogP contribution >= 0.6 is 0 Å². The molecule has 0 bridgehead atoms. The Morgan fingerprint density at radius 2 is 0.610 bits per heavy atom. The van der Waals surface area contributed by atoms with E-state index in [2.05, 4.69) is 20.1 Å². The van der Waals surface area contributed by atoms with E-state index in [1.54, 1.807) is 38.4 Å². The summed E-state index contributed by atoms with van der Waals surface area (Å²) < 4.78 is 160. The van der Waals surface area contributed by atoms with Crippen LogP contribution in [0.4, 0.5) is 0 Å². The quantitative estimate of drug-likeness (QED) is 0.0199. The molecule has 0 aliphatic heterocycles. The molecular formula is C32H180O56Si58. The van der Waals surface area contributed by atoms with Crippen LogP contribution in [0, 0.1) is 0 Å². The third kappa shape index (κ3) is 36.2. The molecule has 0 aromatic carbocycles. The Morgan fingerprint density at radius 3 is 0.904 bits per heavy atom. The Kier molecular flexibility index (Phi) is 78.4. The van der Waals surface area contributed by atoms with Gasteiger partial charge in [0.2, 0.25) is 88.6 Å². The molecule has 0 heterocycles. The molecular weight excluding hydrogens is 2910 g/mol. The van der Waals surface area contributed by atoms with Gasteiger partial charge in [-0.05, 0) is 104 Å². The highest BCUT2D eigenvalue weighted by Gasteiger charge is 3.03. The highest BCUT2D eigenvalue weighted by Crippen LogP contribution is 2.58. The Morgan fingerprint density at radius 1 is 0.295 bits per heavy atom. The molecule has 0 saturated heterocycles. The molecule has 114 heteroatoms. The van der Waals surface area contributed by atoms with Crippen molar-refractivity contribution in [2.24, 2.45) is 0 Å². The van der Waals surface area contributed by atoms with Crippen LogP contribution in [0.2, 0.25) is 104 Å². The summed E-state index contributed by atoms with van der Waals surface area (Å²) in [5.74, 6) is 0. The molecule has 10 unspecified atom stereocenters. The van der Waals surface area contributed by atoms with E-state index < -0.39 is 508 Å². The molecule has 0 rings (SSSR count). The summed E-state index contributed by atoms with van der Waals surface area (Å²) in [6.07, 6.45) is 7.36. The third-order valence-corrected chi connectivity index (χ3v) is 616. The van der Waals surface area contributed by atoms with Gasteiger partial charge >= 0.3 is 90.5 Å². The van der Waals surface area contributed by atoms with Crippen molar-refractivity contribution in [2.45, 2.75) is 175 Å². The summed E-state index contributed by atoms with van der Waals surface area (Å²) in [4.78, 5) is 431. The fraction of sp³-hybridized carbons (Fsp3) is 0.875. The van der Waals surface area contributed by atoms with Gasteiger partial charge < -0.3 is 254 Å². The monoisotopic (exact) mass is 3080 g/mol. The first-order valence-electron chi connectivity index (χ1n) is 47.0. The van der Waals surface area contributed by atoms with Crippen molar-refractivity contribution < 1.29 is 254 Å². The Labute approximate surface area is 951 Å². The van der Waals surface area contributed by atoms with Crippen LogP contribution in [0.15, 0.2) is 24.6 Å². The van der Waals surface area contributed by atoms with Crippen LogP contribution in [0.5, 0.6) is 0 Å². The molecule has 0 fully saturated rings. The molecule has 0 radical (unpaired) electrons. The van der Waals surface area contributed by atoms with E-state index in [1.807, 2.05) is 26.2 Å². The number of unbranched alkanes of at least 4 members (excludes halogenated alkanes) is 9. The van der Waals surface area contributed by atoms with Gasteiger partial charge in [-0.3, -0.25) is 0 Å². The molecule has 0 aromatic heterocycles. The Balaban J connectivity index is 0. The van der Waals surface area contributed by atoms with Gasteiger partial charge in [0.15, 0.2) is 182 Å². The van der Waals surface area contributed by atoms with Crippen LogP contribution < -0.4 is 0 Å². The molecule has 0 spiro atoms. The lowest BCUT2D eigenvalue weighted by molar-refractivity contribution is 0.289. The summed E-state index contributed by atoms with van der Waals surface area (Å²) in [7, 11) is -177. The van der Waals surface area contributed by atoms with Gasteiger partial charge in [0.25, 0.3) is 131 Å². The molecule has 0 aromatic rings. The Hall–Kier alpha value is 9.82. The number of rotatable bonds is 90. The highest BCUT2D eigenvalue weighted by molar-refractivity contribution is 8.28. The predicted octanol–water partition coefficient (Wildman–Crippen LogP) is -45.3. The fourth-order valence-corrected chi connectivity index (χ4v) is 1100. The van der Waals surface area contributed by atoms with Crippen molar-refractivity contribution in [3.05, 3.63) is 24.6 Å². The smallest absolute Gasteiger partial charge is 0.338 e. The lowest BCUT2D eigenvalue weighted by Crippen LogP contribution is -3.17. The summed E-state index contributed by atoms with van der Waals surface area (Å²) >= 11 is 0. The van der Waals surface area contributed by atoms with Crippen molar-refractivity contribution in [3.8, 4) is 0 Å². The van der Waals surface area contributed by atoms with E-state index in [0.717, 1.165) is 58.7 Å². The van der Waals surface area contributed by atoms with Gasteiger partial charge in [-0.2, -0.15) is 0 Å². The maximum absolute atomic E-state index is 14.7. The summed E-state index contributed by atoms with van der Waals surface area (Å²) in [5.41, 5.74) is 3.04. The maximum Gasteiger partial charge on any atom is 0.338 e. The minimum atomic E-state index is -8.17. The number of hydrogen-bond acceptors (Lipinski definition) is 56. The van der Waals surface area contributed by atoms with Gasteiger partial charge in [0.05, 0.1) is 0 Å². The molecule has 0 aliphatic carbocycles. The van der Waals surface area contributed by atoms with E-state index in [4.69, 9.17) is 86.7 Å². The third-order valence-electron chi connectivity index (χ3n) is 25.1. The van der Waals surface area contributed by atoms with Crippen LogP contribution in [-0.4, -0.2) is 672 Å². The van der Waals surface area contributed by atoms with E-state index in [-0.39, 0.29) is 6.42 Å². The number of hydrogen-bond donors (Lipinski definition) is 34. The van der Waals surface area contributed by atoms with Gasteiger partial charge in [-0.15, -0.1) is 13.2 Å². The summed E-state index contributed by atoms with van der Waals surface area (Å²) in [6.45, 7) is -32.9. The second kappa shape index (κ2) is 72.5. The first-order valence-corrected chi connectivity index (χ1v) is 194. The van der Waals surface area contributed by atoms with Crippen LogP contribution in [0.3, 0.4) is 0 Å². The topological polar surface area (TPSA) is 891 Å². The lowest BCUT2D eigenvalue weighted by atomic mass is 10.1. The molecule has 0 saturated carbocycles. The fourth-order valence-electron chi connectivity index (χ4n) is 18.5. The average molecular weight is 3090 g/mol. The molecule has 10 atom stereocenters. The average Bonchev–Trinajstić information content (AvgIpc) is 0.624. The second-order valence-electron chi connectivity index (χ2n) is 38.0. The zero-order chi connectivity index (χ0) is 114. The first-order chi connectivity index (χ1) is 68.1. The zero-order valence-electron chi connectivity index (χ0n) is 87.6. The van der Waals surface area contributed by atoms with Crippen LogP contribution in [-0.2, 0) is 90.8 Å². The van der Waals surface area contributed by atoms with Gasteiger partial charge in [0, 0.05) is 16.9 Å². The minimum absolute atomic E-state index is 0.0415. The van der Waals surface area contributed by atoms with Crippen LogP contribution in [0.25, 0.3) is 0 Å². The molecule has 876 valence electrons. The normalized spacial score (nSPS) is 24.0. The SMILES string of the molecule is C=C[SiH](O)O[Si](O[Si](C)(C)O[Si](C)(C)C=C)([Si](O[SiH2]O)([SiH2]O)[SiH2]O)[Si](O[SiH](C)C)([SiH2]O)[SiH2]O.CCCCCCCCCCCC[Si](C)(O)[Si](O[SiH2]O)(O[Si]([Si](O[SiH2]O)([SiH2]O)[SiH2]O)([Si](O[Si](C)(C)O[Si](C)(C)C)(O[Si](O[Si](O[SiH](C)O)([SiH2]O)[SiH2]O)([Si](O[SiH2]O)([SiH2]O)[SiH2]O)[Si](O[SiH2]O)([SiH2]O)[SiH2]O)[Si](O[Si](O[SiH2]O)([SiH2]O)[SiH2]O)([Si](O[SiH2]O)([SiH2]O)[SiH2]O)[Si](O[SiH2]O)([SiH2]O)[SiH2]O)[Si](O[SiH](C)O)([Si](C)([SiH3])OC)[Si](O[SiH2]O)([SiH2]O)[SiH2]O)[SiH2]O. The first kappa shape index (κ1) is 158. The molecule has 0 aliphatic rings. The van der Waals surface area contributed by atoms with Crippen LogP contribution in [0.1, 0.15) is 71.1 Å². The largest absolute Gasteiger partial charge is 0.458 e. The maximum atomic E-state index is 14.7. The Bertz CT molecular complexity index is 3480. The molecule has 146 heavy (non-hydrogen) atoms. The van der Waals surface area contributed by atoms with Gasteiger partial charge in [-0.1, -0.05) is 82.5 Å². The van der Waals surface area contributed by atoms with Gasteiger partial charge in [-0.25, -0.2) is 0 Å². The zero-order valence-corrected chi connectivity index (χ0v) is 160. The summed E-state index contributed by atoms with van der Waals surface area (Å²) in [6, 6.07) is -0.402. The van der Waals surface area contributed by atoms with Crippen molar-refractivity contribution >= 4 is 502 Å². The lowest BCUT2D eigenvalue weighted by Gasteiger charge is -2.74. The highest BCUT2D eigenvalue weighted by atomic mass is 30.5. The summed E-state index contributed by atoms with van der Waals surface area (Å²) in [5, 5.41) is 0. The minimum Gasteiger partial charge on any atom is -0.458 e. The second-order valence-corrected chi connectivity index (χ2v) is 367. The molecule has 0 amide bonds. The van der Waals surface area contributed by atoms with Crippen molar-refractivity contribution in [3.63, 3.8) is 0 Å². The van der Waals surface area contributed by atoms with Crippen molar-refractivity contribution in [2.75, 3.05) is 7.11 Å². The van der Waals surface area contributed by atoms with Gasteiger partial charge in [0.1, 0.15) is 0 Å². The predicted molar refractivity (Wildman–Crippen MR) is 697 cm³/mol. The van der Waals surface area contributed by atoms with E-state index in [0.29, 0.717) is 19.3 Å².